The highest BCUT2D eigenvalue weighted by atomic mass is 19.4. The van der Waals surface area contributed by atoms with Gasteiger partial charge in [0, 0.05) is 23.6 Å². The Labute approximate surface area is 222 Å². The zero-order chi connectivity index (χ0) is 27.6. The lowest BCUT2D eigenvalue weighted by Gasteiger charge is -2.14. The fourth-order valence-corrected chi connectivity index (χ4v) is 4.95. The van der Waals surface area contributed by atoms with E-state index >= 15 is 0 Å². The fraction of sp³-hybridized carbons (Fsp3) is 0.267. The van der Waals surface area contributed by atoms with Gasteiger partial charge in [-0.2, -0.15) is 13.2 Å². The topological polar surface area (TPSA) is 92.2 Å². The molecule has 0 aliphatic heterocycles. The van der Waals surface area contributed by atoms with Gasteiger partial charge in [-0.15, -0.1) is 0 Å². The molecule has 2 N–H and O–H groups in total. The van der Waals surface area contributed by atoms with Gasteiger partial charge in [0.05, 0.1) is 28.0 Å². The molecule has 39 heavy (non-hydrogen) atoms. The van der Waals surface area contributed by atoms with Gasteiger partial charge in [-0.1, -0.05) is 36.4 Å². The number of hydrogen-bond acceptors (Lipinski definition) is 4. The third kappa shape index (κ3) is 6.08. The number of halogens is 3. The number of rotatable bonds is 8. The van der Waals surface area contributed by atoms with Gasteiger partial charge in [-0.3, -0.25) is 9.59 Å². The molecule has 6 nitrogen and oxygen atoms in total. The number of nitrogens with one attached hydrogen (secondary N) is 1. The van der Waals surface area contributed by atoms with Crippen molar-refractivity contribution in [2.45, 2.75) is 50.7 Å². The van der Waals surface area contributed by atoms with E-state index in [2.05, 4.69) is 17.4 Å². The van der Waals surface area contributed by atoms with Gasteiger partial charge in [-0.25, -0.2) is 9.97 Å². The van der Waals surface area contributed by atoms with Crippen molar-refractivity contribution in [3.05, 3.63) is 94.7 Å². The van der Waals surface area contributed by atoms with Crippen molar-refractivity contribution in [3.63, 3.8) is 0 Å². The number of nitrogens with zero attached hydrogens (tertiary/aromatic N) is 2. The molecule has 4 aromatic rings. The molecule has 0 radical (unpaired) electrons. The van der Waals surface area contributed by atoms with Crippen LogP contribution in [0.25, 0.3) is 22.3 Å². The van der Waals surface area contributed by atoms with E-state index in [1.807, 2.05) is 12.1 Å². The number of carbonyl (C=O) groups is 2. The summed E-state index contributed by atoms with van der Waals surface area (Å²) in [4.78, 5) is 33.4. The van der Waals surface area contributed by atoms with Crippen LogP contribution in [0.3, 0.4) is 0 Å². The first kappa shape index (κ1) is 26.3. The predicted octanol–water partition coefficient (Wildman–Crippen LogP) is 6.01. The Morgan fingerprint density at radius 3 is 2.23 bits per heavy atom. The highest BCUT2D eigenvalue weighted by Crippen LogP contribution is 2.32. The molecular weight excluding hydrogens is 507 g/mol. The summed E-state index contributed by atoms with van der Waals surface area (Å²) in [7, 11) is 0. The van der Waals surface area contributed by atoms with E-state index in [1.54, 1.807) is 18.2 Å². The van der Waals surface area contributed by atoms with E-state index in [4.69, 9.17) is 15.1 Å². The minimum Gasteiger partial charge on any atom is -0.481 e. The number of aryl methyl sites for hydroxylation is 1. The first-order valence-electron chi connectivity index (χ1n) is 12.7. The van der Waals surface area contributed by atoms with E-state index in [1.165, 1.54) is 23.3 Å². The molecule has 0 unspecified atom stereocenters. The number of hydrogen-bond donors (Lipinski definition) is 2. The molecule has 0 saturated heterocycles. The summed E-state index contributed by atoms with van der Waals surface area (Å²) in [5, 5.41) is 12.0. The lowest BCUT2D eigenvalue weighted by atomic mass is 10.0. The third-order valence-electron chi connectivity index (χ3n) is 6.92. The minimum atomic E-state index is -4.45. The van der Waals surface area contributed by atoms with Crippen LogP contribution < -0.4 is 5.32 Å². The Morgan fingerprint density at radius 1 is 0.897 bits per heavy atom. The van der Waals surface area contributed by atoms with Crippen LogP contribution in [0.2, 0.25) is 0 Å². The van der Waals surface area contributed by atoms with Crippen molar-refractivity contribution >= 4 is 22.9 Å². The SMILES string of the molecule is O=C(O)CCCCc1nc2cc(C(=O)NC3Cc4ccccc4C3)ccc2nc1-c1ccc(C(F)(F)F)cc1. The Kier molecular flexibility index (Phi) is 7.32. The average molecular weight is 534 g/mol. The molecule has 1 heterocycles. The second-order valence-electron chi connectivity index (χ2n) is 9.75. The van der Waals surface area contributed by atoms with E-state index < -0.39 is 17.7 Å². The van der Waals surface area contributed by atoms with E-state index in [-0.39, 0.29) is 18.4 Å². The molecule has 0 saturated carbocycles. The Hall–Kier alpha value is -4.27. The molecule has 0 atom stereocenters. The number of benzene rings is 3. The first-order valence-corrected chi connectivity index (χ1v) is 12.7. The quantitative estimate of drug-likeness (QED) is 0.271. The van der Waals surface area contributed by atoms with Gasteiger partial charge in [-0.05, 0) is 73.6 Å². The van der Waals surface area contributed by atoms with Gasteiger partial charge < -0.3 is 10.4 Å². The zero-order valence-corrected chi connectivity index (χ0v) is 21.0. The van der Waals surface area contributed by atoms with Crippen molar-refractivity contribution in [1.29, 1.82) is 0 Å². The summed E-state index contributed by atoms with van der Waals surface area (Å²) >= 11 is 0. The second kappa shape index (κ2) is 10.8. The molecule has 3 aromatic carbocycles. The standard InChI is InChI=1S/C30H26F3N3O3/c31-30(32,33)22-12-9-18(10-13-22)28-25(7-3-4-8-27(37)38)35-26-17-21(11-14-24(26)36-28)29(39)34-23-15-19-5-1-2-6-20(19)16-23/h1-2,5-6,9-14,17,23H,3-4,7-8,15-16H2,(H,34,39)(H,37,38). The van der Waals surface area contributed by atoms with Crippen LogP contribution in [-0.4, -0.2) is 33.0 Å². The second-order valence-corrected chi connectivity index (χ2v) is 9.75. The zero-order valence-electron chi connectivity index (χ0n) is 21.0. The molecule has 0 fully saturated rings. The molecular formula is C30H26F3N3O3. The van der Waals surface area contributed by atoms with Gasteiger partial charge in [0.2, 0.25) is 0 Å². The average Bonchev–Trinajstić information content (AvgIpc) is 3.32. The van der Waals surface area contributed by atoms with E-state index in [0.29, 0.717) is 52.8 Å². The van der Waals surface area contributed by atoms with Crippen LogP contribution in [0.5, 0.6) is 0 Å². The maximum absolute atomic E-state index is 13.1. The van der Waals surface area contributed by atoms with Crippen LogP contribution in [0.1, 0.15) is 52.0 Å². The molecule has 0 bridgehead atoms. The van der Waals surface area contributed by atoms with Gasteiger partial charge in [0.15, 0.2) is 0 Å². The van der Waals surface area contributed by atoms with Crippen molar-refractivity contribution in [3.8, 4) is 11.3 Å². The van der Waals surface area contributed by atoms with Crippen LogP contribution >= 0.6 is 0 Å². The van der Waals surface area contributed by atoms with Crippen LogP contribution in [0.15, 0.2) is 66.7 Å². The smallest absolute Gasteiger partial charge is 0.416 e. The number of carboxylic acids is 1. The largest absolute Gasteiger partial charge is 0.481 e. The third-order valence-corrected chi connectivity index (χ3v) is 6.92. The number of amides is 1. The van der Waals surface area contributed by atoms with Crippen molar-refractivity contribution in [2.75, 3.05) is 0 Å². The summed E-state index contributed by atoms with van der Waals surface area (Å²) in [5.41, 5.74) is 4.59. The molecule has 1 amide bonds. The number of carboxylic acid groups (broad SMARTS) is 1. The maximum Gasteiger partial charge on any atom is 0.416 e. The summed E-state index contributed by atoms with van der Waals surface area (Å²) in [6, 6.07) is 17.9. The van der Waals surface area contributed by atoms with Gasteiger partial charge >= 0.3 is 12.1 Å². The lowest BCUT2D eigenvalue weighted by molar-refractivity contribution is -0.138. The fourth-order valence-electron chi connectivity index (χ4n) is 4.95. The number of unbranched alkanes of at least 4 members (excludes halogenated alkanes) is 1. The van der Waals surface area contributed by atoms with Gasteiger partial charge in [0.1, 0.15) is 0 Å². The Bertz CT molecular complexity index is 1510. The molecule has 5 rings (SSSR count). The summed E-state index contributed by atoms with van der Waals surface area (Å²) in [6.45, 7) is 0. The summed E-state index contributed by atoms with van der Waals surface area (Å²) in [5.74, 6) is -1.12. The highest BCUT2D eigenvalue weighted by molar-refractivity contribution is 5.97. The lowest BCUT2D eigenvalue weighted by Crippen LogP contribution is -2.35. The number of carbonyl (C=O) groups excluding carboxylic acids is 1. The molecule has 1 aliphatic carbocycles. The molecule has 1 aromatic heterocycles. The van der Waals surface area contributed by atoms with Crippen LogP contribution in [-0.2, 0) is 30.2 Å². The van der Waals surface area contributed by atoms with Crippen LogP contribution in [0.4, 0.5) is 13.2 Å². The number of alkyl halides is 3. The monoisotopic (exact) mass is 533 g/mol. The Morgan fingerprint density at radius 2 is 1.59 bits per heavy atom. The van der Waals surface area contributed by atoms with Crippen LogP contribution in [0, 0.1) is 0 Å². The minimum absolute atomic E-state index is 0.00326. The maximum atomic E-state index is 13.1. The normalized spacial score (nSPS) is 13.4. The van der Waals surface area contributed by atoms with Crippen molar-refractivity contribution in [1.82, 2.24) is 15.3 Å². The van der Waals surface area contributed by atoms with E-state index in [0.717, 1.165) is 25.0 Å². The predicted molar refractivity (Wildman–Crippen MR) is 140 cm³/mol. The van der Waals surface area contributed by atoms with Crippen molar-refractivity contribution in [2.24, 2.45) is 0 Å². The molecule has 200 valence electrons. The summed E-state index contributed by atoms with van der Waals surface area (Å²) in [6.07, 6.45) is -1.57. The number of fused-ring (bicyclic) bond motifs is 2. The van der Waals surface area contributed by atoms with E-state index in [9.17, 15) is 22.8 Å². The van der Waals surface area contributed by atoms with Gasteiger partial charge in [0.25, 0.3) is 5.91 Å². The molecule has 0 spiro atoms. The first-order chi connectivity index (χ1) is 18.7. The molecule has 9 heteroatoms. The number of aromatic nitrogens is 2. The molecule has 1 aliphatic rings. The number of aliphatic carboxylic acids is 1. The Balaban J connectivity index is 1.41. The summed E-state index contributed by atoms with van der Waals surface area (Å²) < 4.78 is 39.2. The van der Waals surface area contributed by atoms with Crippen molar-refractivity contribution < 1.29 is 27.9 Å². The highest BCUT2D eigenvalue weighted by Gasteiger charge is 2.30.